The molecule has 0 bridgehead atoms. The third kappa shape index (κ3) is 2.50. The molecule has 0 unspecified atom stereocenters. The zero-order chi connectivity index (χ0) is 11.8. The molecule has 1 aromatic carbocycles. The van der Waals surface area contributed by atoms with Crippen molar-refractivity contribution in [2.45, 2.75) is 19.8 Å². The van der Waals surface area contributed by atoms with Crippen LogP contribution in [0, 0.1) is 11.2 Å². The number of hydrogen-bond acceptors (Lipinski definition) is 2. The fourth-order valence-electron chi connectivity index (χ4n) is 1.51. The lowest BCUT2D eigenvalue weighted by Crippen LogP contribution is -2.14. The average molecular weight is 238 g/mol. The molecule has 0 atom stereocenters. The van der Waals surface area contributed by atoms with Crippen molar-refractivity contribution >= 4 is 22.9 Å². The molecule has 3 N–H and O–H groups in total. The number of anilines is 1. The number of nitrogens with two attached hydrogens (primary N) is 1. The maximum atomic E-state index is 13.6. The van der Waals surface area contributed by atoms with Crippen LogP contribution in [0.4, 0.5) is 10.1 Å². The molecule has 1 fully saturated rings. The predicted octanol–water partition coefficient (Wildman–Crippen LogP) is 2.67. The minimum absolute atomic E-state index is 0.222. The van der Waals surface area contributed by atoms with Crippen molar-refractivity contribution in [1.82, 2.24) is 0 Å². The lowest BCUT2D eigenvalue weighted by Gasteiger charge is -2.12. The van der Waals surface area contributed by atoms with E-state index in [0.717, 1.165) is 6.54 Å². The summed E-state index contributed by atoms with van der Waals surface area (Å²) >= 11 is 4.79. The number of rotatable bonds is 4. The summed E-state index contributed by atoms with van der Waals surface area (Å²) in [6.07, 6.45) is 2.43. The summed E-state index contributed by atoms with van der Waals surface area (Å²) in [6.45, 7) is 3.01. The molecule has 16 heavy (non-hydrogen) atoms. The number of benzene rings is 1. The Bertz CT molecular complexity index is 427. The molecule has 1 aromatic rings. The monoisotopic (exact) mass is 238 g/mol. The first-order valence-corrected chi connectivity index (χ1v) is 5.74. The number of nitrogens with one attached hydrogen (secondary N) is 1. The van der Waals surface area contributed by atoms with Crippen LogP contribution in [-0.4, -0.2) is 11.5 Å². The summed E-state index contributed by atoms with van der Waals surface area (Å²) in [5.74, 6) is -0.297. The summed E-state index contributed by atoms with van der Waals surface area (Å²) in [5.41, 5.74) is 6.87. The Morgan fingerprint density at radius 3 is 2.75 bits per heavy atom. The predicted molar refractivity (Wildman–Crippen MR) is 68.1 cm³/mol. The summed E-state index contributed by atoms with van der Waals surface area (Å²) < 4.78 is 13.6. The third-order valence-corrected chi connectivity index (χ3v) is 3.30. The highest BCUT2D eigenvalue weighted by atomic mass is 32.1. The molecule has 0 heterocycles. The highest BCUT2D eigenvalue weighted by molar-refractivity contribution is 7.80. The van der Waals surface area contributed by atoms with Crippen LogP contribution in [0.3, 0.4) is 0 Å². The van der Waals surface area contributed by atoms with Crippen LogP contribution in [-0.2, 0) is 0 Å². The molecule has 2 rings (SSSR count). The van der Waals surface area contributed by atoms with Crippen molar-refractivity contribution in [1.29, 1.82) is 0 Å². The molecule has 0 aliphatic heterocycles. The molecule has 1 aliphatic rings. The van der Waals surface area contributed by atoms with Crippen molar-refractivity contribution < 1.29 is 4.39 Å². The van der Waals surface area contributed by atoms with E-state index < -0.39 is 0 Å². The van der Waals surface area contributed by atoms with Crippen molar-refractivity contribution in [3.8, 4) is 0 Å². The fraction of sp³-hybridized carbons (Fsp3) is 0.417. The van der Waals surface area contributed by atoms with E-state index in [0.29, 0.717) is 16.7 Å². The number of thiocarbonyl (C=S) groups is 1. The SMILES string of the molecule is CC1(CNc2ccc(C(N)=S)cc2F)CC1. The van der Waals surface area contributed by atoms with Gasteiger partial charge >= 0.3 is 0 Å². The van der Waals surface area contributed by atoms with Gasteiger partial charge in [0, 0.05) is 12.1 Å². The van der Waals surface area contributed by atoms with Crippen LogP contribution in [0.2, 0.25) is 0 Å². The third-order valence-electron chi connectivity index (χ3n) is 3.06. The first kappa shape index (κ1) is 11.3. The van der Waals surface area contributed by atoms with Crippen LogP contribution in [0.1, 0.15) is 25.3 Å². The molecule has 0 radical (unpaired) electrons. The molecule has 0 aromatic heterocycles. The van der Waals surface area contributed by atoms with E-state index in [1.54, 1.807) is 12.1 Å². The Morgan fingerprint density at radius 2 is 2.25 bits per heavy atom. The smallest absolute Gasteiger partial charge is 0.146 e. The lowest BCUT2D eigenvalue weighted by molar-refractivity contribution is 0.597. The standard InChI is InChI=1S/C12H15FN2S/c1-12(4-5-12)7-15-10-3-2-8(11(14)16)6-9(10)13/h2-3,6,15H,4-5,7H2,1H3,(H2,14,16). The maximum absolute atomic E-state index is 13.6. The van der Waals surface area contributed by atoms with E-state index in [2.05, 4.69) is 12.2 Å². The van der Waals surface area contributed by atoms with Gasteiger partial charge in [0.2, 0.25) is 0 Å². The van der Waals surface area contributed by atoms with Gasteiger partial charge in [-0.05, 0) is 36.5 Å². The molecule has 0 amide bonds. The van der Waals surface area contributed by atoms with E-state index in [1.165, 1.54) is 18.9 Å². The van der Waals surface area contributed by atoms with Gasteiger partial charge in [0.1, 0.15) is 10.8 Å². The summed E-state index contributed by atoms with van der Waals surface area (Å²) in [5, 5.41) is 3.12. The van der Waals surface area contributed by atoms with Gasteiger partial charge in [0.05, 0.1) is 5.69 Å². The van der Waals surface area contributed by atoms with Gasteiger partial charge in [-0.25, -0.2) is 4.39 Å². The minimum atomic E-state index is -0.297. The van der Waals surface area contributed by atoms with Crippen LogP contribution < -0.4 is 11.1 Å². The second-order valence-electron chi connectivity index (χ2n) is 4.72. The molecule has 0 saturated heterocycles. The van der Waals surface area contributed by atoms with Gasteiger partial charge in [0.25, 0.3) is 0 Å². The van der Waals surface area contributed by atoms with Crippen molar-refractivity contribution in [2.75, 3.05) is 11.9 Å². The Hall–Kier alpha value is -1.16. The normalized spacial score (nSPS) is 16.9. The van der Waals surface area contributed by atoms with E-state index in [-0.39, 0.29) is 10.8 Å². The number of hydrogen-bond donors (Lipinski definition) is 2. The molecule has 0 spiro atoms. The second-order valence-corrected chi connectivity index (χ2v) is 5.16. The molecule has 1 saturated carbocycles. The zero-order valence-electron chi connectivity index (χ0n) is 9.22. The Labute approximate surface area is 100 Å². The molecule has 4 heteroatoms. The lowest BCUT2D eigenvalue weighted by atomic mass is 10.1. The molecular weight excluding hydrogens is 223 g/mol. The summed E-state index contributed by atoms with van der Waals surface area (Å²) in [6, 6.07) is 4.80. The summed E-state index contributed by atoms with van der Waals surface area (Å²) in [7, 11) is 0. The largest absolute Gasteiger partial charge is 0.389 e. The van der Waals surface area contributed by atoms with E-state index in [1.807, 2.05) is 0 Å². The quantitative estimate of drug-likeness (QED) is 0.792. The van der Waals surface area contributed by atoms with E-state index in [9.17, 15) is 4.39 Å². The van der Waals surface area contributed by atoms with Gasteiger partial charge in [-0.3, -0.25) is 0 Å². The fourth-order valence-corrected chi connectivity index (χ4v) is 1.64. The highest BCUT2D eigenvalue weighted by Gasteiger charge is 2.36. The molecule has 1 aliphatic carbocycles. The van der Waals surface area contributed by atoms with Crippen LogP contribution in [0.5, 0.6) is 0 Å². The first-order valence-electron chi connectivity index (χ1n) is 5.33. The van der Waals surface area contributed by atoms with Crippen molar-refractivity contribution in [2.24, 2.45) is 11.1 Å². The molecule has 86 valence electrons. The van der Waals surface area contributed by atoms with E-state index >= 15 is 0 Å². The Balaban J connectivity index is 2.07. The maximum Gasteiger partial charge on any atom is 0.146 e. The van der Waals surface area contributed by atoms with Crippen LogP contribution in [0.15, 0.2) is 18.2 Å². The van der Waals surface area contributed by atoms with Gasteiger partial charge in [-0.15, -0.1) is 0 Å². The summed E-state index contributed by atoms with van der Waals surface area (Å²) in [4.78, 5) is 0.222. The van der Waals surface area contributed by atoms with E-state index in [4.69, 9.17) is 18.0 Å². The van der Waals surface area contributed by atoms with Crippen LogP contribution >= 0.6 is 12.2 Å². The Morgan fingerprint density at radius 1 is 1.56 bits per heavy atom. The molecular formula is C12H15FN2S. The van der Waals surface area contributed by atoms with Crippen molar-refractivity contribution in [3.63, 3.8) is 0 Å². The van der Waals surface area contributed by atoms with Crippen LogP contribution in [0.25, 0.3) is 0 Å². The Kier molecular flexibility index (Phi) is 2.84. The van der Waals surface area contributed by atoms with Gasteiger partial charge < -0.3 is 11.1 Å². The van der Waals surface area contributed by atoms with Gasteiger partial charge in [0.15, 0.2) is 0 Å². The van der Waals surface area contributed by atoms with Gasteiger partial charge in [-0.2, -0.15) is 0 Å². The molecule has 2 nitrogen and oxygen atoms in total. The average Bonchev–Trinajstić information content (AvgIpc) is 2.95. The topological polar surface area (TPSA) is 38.0 Å². The van der Waals surface area contributed by atoms with Crippen molar-refractivity contribution in [3.05, 3.63) is 29.6 Å². The minimum Gasteiger partial charge on any atom is -0.389 e. The second kappa shape index (κ2) is 4.01. The number of halogens is 1. The van der Waals surface area contributed by atoms with Gasteiger partial charge in [-0.1, -0.05) is 19.1 Å². The highest BCUT2D eigenvalue weighted by Crippen LogP contribution is 2.44. The zero-order valence-corrected chi connectivity index (χ0v) is 10.0. The first-order chi connectivity index (χ1) is 7.50.